The third-order valence-electron chi connectivity index (χ3n) is 13.5. The fourth-order valence-corrected chi connectivity index (χ4v) is 10.1. The number of Topliss-reactive ketones (excluding diaryl/α,β-unsaturated/α-hetero) is 1. The maximum atomic E-state index is 13.5. The van der Waals surface area contributed by atoms with Crippen molar-refractivity contribution < 1.29 is 61.5 Å². The first-order valence-electron chi connectivity index (χ1n) is 25.6. The predicted molar refractivity (Wildman–Crippen MR) is 290 cm³/mol. The van der Waals surface area contributed by atoms with Gasteiger partial charge in [-0.05, 0) is 66.1 Å². The third kappa shape index (κ3) is 13.0. The number of esters is 1. The Morgan fingerprint density at radius 2 is 1.36 bits per heavy atom. The average Bonchev–Trinajstić information content (AvgIpc) is 4.20. The lowest BCUT2D eigenvalue weighted by Gasteiger charge is -2.37. The van der Waals surface area contributed by atoms with Crippen LogP contribution in [0.2, 0.25) is 0 Å². The highest BCUT2D eigenvalue weighted by atomic mass is 31.2. The van der Waals surface area contributed by atoms with Crippen LogP contribution in [0.15, 0.2) is 137 Å². The summed E-state index contributed by atoms with van der Waals surface area (Å²) in [5, 5.41) is 5.24. The molecule has 0 aliphatic carbocycles. The Hall–Kier alpha value is -8.02. The zero-order valence-corrected chi connectivity index (χ0v) is 45.1. The molecule has 0 spiro atoms. The number of benzene rings is 4. The van der Waals surface area contributed by atoms with E-state index in [9.17, 15) is 33.7 Å². The second-order valence-corrected chi connectivity index (χ2v) is 20.1. The van der Waals surface area contributed by atoms with E-state index in [-0.39, 0.29) is 66.9 Å². The van der Waals surface area contributed by atoms with Gasteiger partial charge in [-0.1, -0.05) is 86.6 Å². The van der Waals surface area contributed by atoms with Crippen molar-refractivity contribution in [3.05, 3.63) is 171 Å². The first kappa shape index (κ1) is 56.7. The van der Waals surface area contributed by atoms with Crippen molar-refractivity contribution in [3.63, 3.8) is 0 Å². The van der Waals surface area contributed by atoms with E-state index in [1.54, 1.807) is 58.4 Å². The SMILES string of the molecule is COc1ccc(C(OC[C@H]2O[C@@H](n3cnc4c(=O)[nH]c(NC(=O)C(C)C)nc43)C[C@@H]2OP(O)OC[C@H]2O[C@@H](n3ccc(NC(=O)c4ccccc4)nc3=O)C[C@@H]2OC(=O)CCC(C)=O)(c2ccccc2)c2ccc(OC)cc2)cc1. The van der Waals surface area contributed by atoms with Gasteiger partial charge in [0.25, 0.3) is 11.5 Å². The molecule has 4 N–H and O–H groups in total. The Bertz CT molecular complexity index is 3370. The summed E-state index contributed by atoms with van der Waals surface area (Å²) < 4.78 is 52.2. The second-order valence-electron chi connectivity index (χ2n) is 19.2. The summed E-state index contributed by atoms with van der Waals surface area (Å²) in [5.41, 5.74) is -0.0728. The number of hydrogen-bond donors (Lipinski definition) is 4. The largest absolute Gasteiger partial charge is 0.497 e. The molecule has 9 rings (SSSR count). The van der Waals surface area contributed by atoms with Crippen LogP contribution in [0.1, 0.15) is 86.0 Å². The molecule has 0 bridgehead atoms. The predicted octanol–water partition coefficient (Wildman–Crippen LogP) is 6.73. The summed E-state index contributed by atoms with van der Waals surface area (Å²) in [6.45, 7) is 4.15. The number of imidazole rings is 1. The van der Waals surface area contributed by atoms with Crippen molar-refractivity contribution in [2.75, 3.05) is 38.1 Å². The zero-order valence-electron chi connectivity index (χ0n) is 44.3. The molecule has 2 amide bonds. The van der Waals surface area contributed by atoms with E-state index >= 15 is 0 Å². The second kappa shape index (κ2) is 25.4. The fraction of sp³-hybridized carbons (Fsp3) is 0.339. The van der Waals surface area contributed by atoms with Gasteiger partial charge >= 0.3 is 20.3 Å². The molecule has 0 radical (unpaired) electrons. The van der Waals surface area contributed by atoms with Crippen LogP contribution < -0.4 is 31.4 Å². The standard InChI is InChI=1S/C56H59N8O15P/c1-33(2)51(67)61-54-60-50-49(53(69)62-54)57-32-64(50)47-29-42(43(76-47)30-74-56(36-14-10-7-11-15-36,37-17-21-39(72-4)22-18-37)38-19-23-40(73-5)24-20-38)79-80(71)75-31-44-41(78-48(66)25-16-34(3)65)28-46(77-44)63-27-26-45(59-55(63)70)58-52(68)35-12-8-6-9-13-35/h6-15,17-24,26-27,32-33,41-44,46-47,71H,16,25,28-31H2,1-5H3,(H,58,59,68,70)(H2,60,61,62,67,69)/t41-,42-,43+,44+,46+,47+,80?/m0/s1. The van der Waals surface area contributed by atoms with Crippen LogP contribution >= 0.6 is 8.60 Å². The molecule has 2 fully saturated rings. The molecule has 2 saturated heterocycles. The molecule has 7 aromatic rings. The van der Waals surface area contributed by atoms with Crippen LogP contribution in [0.5, 0.6) is 11.5 Å². The Morgan fingerprint density at radius 3 is 1.98 bits per heavy atom. The maximum Gasteiger partial charge on any atom is 0.351 e. The molecule has 0 saturated carbocycles. The molecule has 23 nitrogen and oxygen atoms in total. The van der Waals surface area contributed by atoms with Gasteiger partial charge in [0.1, 0.15) is 59.5 Å². The Kier molecular flexibility index (Phi) is 18.0. The first-order chi connectivity index (χ1) is 38.6. The minimum Gasteiger partial charge on any atom is -0.497 e. The van der Waals surface area contributed by atoms with Crippen LogP contribution in [0, 0.1) is 5.92 Å². The molecule has 24 heteroatoms. The van der Waals surface area contributed by atoms with Gasteiger partial charge in [-0.25, -0.2) is 9.78 Å². The lowest BCUT2D eigenvalue weighted by atomic mass is 9.80. The molecule has 7 atom stereocenters. The van der Waals surface area contributed by atoms with Crippen LogP contribution in [-0.2, 0) is 48.0 Å². The Balaban J connectivity index is 0.999. The number of carbonyl (C=O) groups is 4. The van der Waals surface area contributed by atoms with E-state index in [0.717, 1.165) is 16.7 Å². The quantitative estimate of drug-likeness (QED) is 0.0293. The molecule has 1 unspecified atom stereocenters. The smallest absolute Gasteiger partial charge is 0.351 e. The van der Waals surface area contributed by atoms with E-state index in [2.05, 4.69) is 30.6 Å². The molecule has 2 aliphatic heterocycles. The third-order valence-corrected chi connectivity index (χ3v) is 14.3. The monoisotopic (exact) mass is 1110 g/mol. The number of ketones is 1. The van der Waals surface area contributed by atoms with Crippen molar-refractivity contribution in [1.29, 1.82) is 0 Å². The van der Waals surface area contributed by atoms with Crippen molar-refractivity contribution in [2.45, 2.75) is 88.9 Å². The van der Waals surface area contributed by atoms with E-state index in [4.69, 9.17) is 37.5 Å². The highest BCUT2D eigenvalue weighted by Gasteiger charge is 2.45. The number of rotatable bonds is 23. The average molecular weight is 1120 g/mol. The summed E-state index contributed by atoms with van der Waals surface area (Å²) in [4.78, 5) is 104. The van der Waals surface area contributed by atoms with Crippen molar-refractivity contribution in [2.24, 2.45) is 5.92 Å². The van der Waals surface area contributed by atoms with Gasteiger partial charge in [-0.3, -0.25) is 38.6 Å². The Morgan fingerprint density at radius 1 is 0.762 bits per heavy atom. The molecule has 2 aliphatic rings. The van der Waals surface area contributed by atoms with Crippen LogP contribution in [0.25, 0.3) is 11.2 Å². The minimum atomic E-state index is -2.81. The molecule has 4 aromatic carbocycles. The number of nitrogens with zero attached hydrogens (tertiary/aromatic N) is 5. The molecule has 80 heavy (non-hydrogen) atoms. The van der Waals surface area contributed by atoms with E-state index in [0.29, 0.717) is 17.1 Å². The van der Waals surface area contributed by atoms with E-state index < -0.39 is 86.7 Å². The molecular formula is C56H59N8O15P. The molecular weight excluding hydrogens is 1060 g/mol. The highest BCUT2D eigenvalue weighted by molar-refractivity contribution is 7.40. The summed E-state index contributed by atoms with van der Waals surface area (Å²) in [6.07, 6.45) is -3.63. The minimum absolute atomic E-state index is 0.00615. The summed E-state index contributed by atoms with van der Waals surface area (Å²) in [7, 11) is 0.342. The lowest BCUT2D eigenvalue weighted by Crippen LogP contribution is -2.38. The molecule has 418 valence electrons. The number of aromatic amines is 1. The van der Waals surface area contributed by atoms with Crippen LogP contribution in [0.4, 0.5) is 11.8 Å². The Labute approximate surface area is 459 Å². The summed E-state index contributed by atoms with van der Waals surface area (Å²) in [5.74, 6) is -1.07. The van der Waals surface area contributed by atoms with Gasteiger partial charge in [0.05, 0.1) is 46.3 Å². The lowest BCUT2D eigenvalue weighted by molar-refractivity contribution is -0.153. The molecule has 5 heterocycles. The van der Waals surface area contributed by atoms with Crippen molar-refractivity contribution in [1.82, 2.24) is 29.1 Å². The number of H-pyrrole nitrogens is 1. The summed E-state index contributed by atoms with van der Waals surface area (Å²) in [6, 6.07) is 34.3. The topological polar surface area (TPSA) is 285 Å². The number of ether oxygens (including phenoxy) is 6. The van der Waals surface area contributed by atoms with E-state index in [1.165, 1.54) is 34.6 Å². The summed E-state index contributed by atoms with van der Waals surface area (Å²) >= 11 is 0. The zero-order chi connectivity index (χ0) is 56.5. The van der Waals surface area contributed by atoms with Crippen molar-refractivity contribution in [3.8, 4) is 11.5 Å². The highest BCUT2D eigenvalue weighted by Crippen LogP contribution is 2.46. The van der Waals surface area contributed by atoms with Gasteiger partial charge in [0.15, 0.2) is 11.2 Å². The van der Waals surface area contributed by atoms with Crippen LogP contribution in [-0.4, -0.2) is 109 Å². The van der Waals surface area contributed by atoms with Gasteiger partial charge in [0, 0.05) is 36.9 Å². The van der Waals surface area contributed by atoms with Crippen LogP contribution in [0.3, 0.4) is 0 Å². The fourth-order valence-electron chi connectivity index (χ4n) is 9.28. The van der Waals surface area contributed by atoms with Gasteiger partial charge in [-0.2, -0.15) is 9.97 Å². The number of anilines is 2. The molecule has 3 aromatic heterocycles. The van der Waals surface area contributed by atoms with E-state index in [1.807, 2.05) is 78.9 Å². The van der Waals surface area contributed by atoms with Gasteiger partial charge in [0.2, 0.25) is 11.9 Å². The number of hydrogen-bond acceptors (Lipinski definition) is 18. The first-order valence-corrected chi connectivity index (χ1v) is 26.8. The number of amides is 2. The number of methoxy groups -OCH3 is 2. The maximum absolute atomic E-state index is 13.5. The normalized spacial score (nSPS) is 19.4. The number of aromatic nitrogens is 6. The van der Waals surface area contributed by atoms with Gasteiger partial charge < -0.3 is 52.5 Å². The van der Waals surface area contributed by atoms with Crippen molar-refractivity contribution >= 4 is 55.1 Å². The number of carbonyl (C=O) groups excluding carboxylic acids is 4. The number of nitrogens with one attached hydrogen (secondary N) is 3. The number of fused-ring (bicyclic) bond motifs is 1. The van der Waals surface area contributed by atoms with Gasteiger partial charge in [-0.15, -0.1) is 0 Å².